The molecule has 0 fully saturated rings. The van der Waals surface area contributed by atoms with Crippen molar-refractivity contribution in [3.63, 3.8) is 0 Å². The molecule has 0 amide bonds. The highest BCUT2D eigenvalue weighted by molar-refractivity contribution is 6.11. The van der Waals surface area contributed by atoms with E-state index in [0.717, 1.165) is 17.2 Å². The van der Waals surface area contributed by atoms with Crippen LogP contribution in [0, 0.1) is 5.92 Å². The van der Waals surface area contributed by atoms with Crippen molar-refractivity contribution in [3.8, 4) is 5.75 Å². The van der Waals surface area contributed by atoms with Crippen molar-refractivity contribution in [1.82, 2.24) is 0 Å². The second-order valence-corrected chi connectivity index (χ2v) is 4.35. The number of hydrogen-bond donors (Lipinski definition) is 1. The number of carbonyl (C=O) groups excluding carboxylic acids is 1. The van der Waals surface area contributed by atoms with E-state index in [1.807, 2.05) is 44.2 Å². The minimum absolute atomic E-state index is 0.0156. The summed E-state index contributed by atoms with van der Waals surface area (Å²) in [7, 11) is 0. The number of aromatic hydroxyl groups is 1. The number of ketones is 1. The minimum Gasteiger partial charge on any atom is -0.507 e. The number of phenolic OH excluding ortho intramolecular Hbond substituents is 1. The molecule has 2 aromatic carbocycles. The summed E-state index contributed by atoms with van der Waals surface area (Å²) in [6.07, 6.45) is 0.779. The zero-order chi connectivity index (χ0) is 12.4. The van der Waals surface area contributed by atoms with Gasteiger partial charge in [0, 0.05) is 5.92 Å². The van der Waals surface area contributed by atoms with E-state index in [-0.39, 0.29) is 17.5 Å². The summed E-state index contributed by atoms with van der Waals surface area (Å²) < 4.78 is 0. The van der Waals surface area contributed by atoms with Gasteiger partial charge in [0.1, 0.15) is 5.75 Å². The van der Waals surface area contributed by atoms with Gasteiger partial charge in [-0.25, -0.2) is 0 Å². The molecule has 2 rings (SSSR count). The molecule has 0 aliphatic carbocycles. The Morgan fingerprint density at radius 2 is 1.94 bits per heavy atom. The van der Waals surface area contributed by atoms with Crippen LogP contribution in [0.3, 0.4) is 0 Å². The van der Waals surface area contributed by atoms with Crippen molar-refractivity contribution in [1.29, 1.82) is 0 Å². The summed E-state index contributed by atoms with van der Waals surface area (Å²) in [5, 5.41) is 11.7. The van der Waals surface area contributed by atoms with Gasteiger partial charge < -0.3 is 5.11 Å². The van der Waals surface area contributed by atoms with Crippen LogP contribution in [0.5, 0.6) is 5.75 Å². The summed E-state index contributed by atoms with van der Waals surface area (Å²) in [5.41, 5.74) is 0.456. The standard InChI is InChI=1S/C15H16O2/c1-3-10(2)15(17)14-12-7-5-4-6-11(12)8-9-13(14)16/h4-10,16H,3H2,1-2H3. The van der Waals surface area contributed by atoms with Gasteiger partial charge in [-0.1, -0.05) is 44.2 Å². The van der Waals surface area contributed by atoms with E-state index in [9.17, 15) is 9.90 Å². The third-order valence-electron chi connectivity index (χ3n) is 3.21. The lowest BCUT2D eigenvalue weighted by Crippen LogP contribution is -2.11. The molecule has 88 valence electrons. The van der Waals surface area contributed by atoms with E-state index in [1.165, 1.54) is 0 Å². The zero-order valence-corrected chi connectivity index (χ0v) is 10.1. The molecule has 2 nitrogen and oxygen atoms in total. The van der Waals surface area contributed by atoms with Crippen molar-refractivity contribution in [2.24, 2.45) is 5.92 Å². The van der Waals surface area contributed by atoms with Crippen LogP contribution >= 0.6 is 0 Å². The third kappa shape index (κ3) is 2.03. The van der Waals surface area contributed by atoms with Gasteiger partial charge in [-0.05, 0) is 23.3 Å². The van der Waals surface area contributed by atoms with Crippen molar-refractivity contribution >= 4 is 16.6 Å². The number of benzene rings is 2. The number of rotatable bonds is 3. The Kier molecular flexibility index (Phi) is 3.14. The summed E-state index contributed by atoms with van der Waals surface area (Å²) in [5.74, 6) is 0.0301. The van der Waals surface area contributed by atoms with E-state index in [4.69, 9.17) is 0 Å². The average molecular weight is 228 g/mol. The maximum absolute atomic E-state index is 12.3. The van der Waals surface area contributed by atoms with Gasteiger partial charge in [-0.2, -0.15) is 0 Å². The predicted molar refractivity (Wildman–Crippen MR) is 69.4 cm³/mol. The largest absolute Gasteiger partial charge is 0.507 e. The van der Waals surface area contributed by atoms with Crippen LogP contribution in [0.4, 0.5) is 0 Å². The summed E-state index contributed by atoms with van der Waals surface area (Å²) >= 11 is 0. The van der Waals surface area contributed by atoms with E-state index < -0.39 is 0 Å². The average Bonchev–Trinajstić information content (AvgIpc) is 2.37. The molecule has 0 radical (unpaired) electrons. The second-order valence-electron chi connectivity index (χ2n) is 4.35. The van der Waals surface area contributed by atoms with Crippen molar-refractivity contribution in [3.05, 3.63) is 42.0 Å². The highest BCUT2D eigenvalue weighted by Gasteiger charge is 2.19. The molecule has 17 heavy (non-hydrogen) atoms. The maximum atomic E-state index is 12.3. The molecule has 0 bridgehead atoms. The molecule has 0 aliphatic rings. The topological polar surface area (TPSA) is 37.3 Å². The summed E-state index contributed by atoms with van der Waals surface area (Å²) in [6, 6.07) is 11.1. The quantitative estimate of drug-likeness (QED) is 0.812. The molecule has 2 heteroatoms. The van der Waals surface area contributed by atoms with E-state index in [2.05, 4.69) is 0 Å². The van der Waals surface area contributed by atoms with E-state index in [1.54, 1.807) is 6.07 Å². The van der Waals surface area contributed by atoms with Gasteiger partial charge in [0.25, 0.3) is 0 Å². The first-order valence-electron chi connectivity index (χ1n) is 5.90. The Labute approximate surface area is 101 Å². The summed E-state index contributed by atoms with van der Waals surface area (Å²) in [6.45, 7) is 3.87. The molecule has 0 spiro atoms. The Bertz CT molecular complexity index is 558. The smallest absolute Gasteiger partial charge is 0.169 e. The van der Waals surface area contributed by atoms with Crippen LogP contribution in [-0.4, -0.2) is 10.9 Å². The van der Waals surface area contributed by atoms with Gasteiger partial charge in [-0.15, -0.1) is 0 Å². The summed E-state index contributed by atoms with van der Waals surface area (Å²) in [4.78, 5) is 12.3. The van der Waals surface area contributed by atoms with E-state index in [0.29, 0.717) is 5.56 Å². The Hall–Kier alpha value is -1.83. The second kappa shape index (κ2) is 4.58. The number of phenols is 1. The van der Waals surface area contributed by atoms with Gasteiger partial charge in [-0.3, -0.25) is 4.79 Å². The Morgan fingerprint density at radius 3 is 2.65 bits per heavy atom. The molecule has 1 atom stereocenters. The molecule has 0 saturated carbocycles. The fourth-order valence-electron chi connectivity index (χ4n) is 1.95. The lowest BCUT2D eigenvalue weighted by Gasteiger charge is -2.12. The van der Waals surface area contributed by atoms with Crippen LogP contribution in [0.2, 0.25) is 0 Å². The van der Waals surface area contributed by atoms with Crippen molar-refractivity contribution in [2.45, 2.75) is 20.3 Å². The number of carbonyl (C=O) groups is 1. The molecular weight excluding hydrogens is 212 g/mol. The zero-order valence-electron chi connectivity index (χ0n) is 10.1. The molecule has 2 aromatic rings. The number of hydrogen-bond acceptors (Lipinski definition) is 2. The number of fused-ring (bicyclic) bond motifs is 1. The molecule has 0 saturated heterocycles. The predicted octanol–water partition coefficient (Wildman–Crippen LogP) is 3.77. The van der Waals surface area contributed by atoms with Gasteiger partial charge >= 0.3 is 0 Å². The molecule has 1 N–H and O–H groups in total. The fourth-order valence-corrected chi connectivity index (χ4v) is 1.95. The van der Waals surface area contributed by atoms with Crippen LogP contribution in [0.1, 0.15) is 30.6 Å². The highest BCUT2D eigenvalue weighted by Crippen LogP contribution is 2.29. The Balaban J connectivity index is 2.66. The fraction of sp³-hybridized carbons (Fsp3) is 0.267. The van der Waals surface area contributed by atoms with Crippen LogP contribution in [-0.2, 0) is 0 Å². The van der Waals surface area contributed by atoms with E-state index >= 15 is 0 Å². The van der Waals surface area contributed by atoms with Gasteiger partial charge in [0.15, 0.2) is 5.78 Å². The molecule has 1 unspecified atom stereocenters. The van der Waals surface area contributed by atoms with Crippen LogP contribution < -0.4 is 0 Å². The molecular formula is C15H16O2. The van der Waals surface area contributed by atoms with Crippen LogP contribution in [0.25, 0.3) is 10.8 Å². The first kappa shape index (κ1) is 11.6. The lowest BCUT2D eigenvalue weighted by atomic mass is 9.92. The van der Waals surface area contributed by atoms with Gasteiger partial charge in [0.05, 0.1) is 5.56 Å². The van der Waals surface area contributed by atoms with Crippen molar-refractivity contribution < 1.29 is 9.90 Å². The normalized spacial score (nSPS) is 12.6. The first-order valence-corrected chi connectivity index (χ1v) is 5.90. The third-order valence-corrected chi connectivity index (χ3v) is 3.21. The van der Waals surface area contributed by atoms with Crippen molar-refractivity contribution in [2.75, 3.05) is 0 Å². The lowest BCUT2D eigenvalue weighted by molar-refractivity contribution is 0.0926. The molecule has 0 heterocycles. The van der Waals surface area contributed by atoms with Crippen LogP contribution in [0.15, 0.2) is 36.4 Å². The molecule has 0 aliphatic heterocycles. The monoisotopic (exact) mass is 228 g/mol. The minimum atomic E-state index is -0.0632. The number of Topliss-reactive ketones (excluding diaryl/α,β-unsaturated/α-hetero) is 1. The Morgan fingerprint density at radius 1 is 1.24 bits per heavy atom. The first-order chi connectivity index (χ1) is 8.15. The van der Waals surface area contributed by atoms with Gasteiger partial charge in [0.2, 0.25) is 0 Å². The maximum Gasteiger partial charge on any atom is 0.169 e. The molecule has 0 aromatic heterocycles. The SMILES string of the molecule is CCC(C)C(=O)c1c(O)ccc2ccccc12. The highest BCUT2D eigenvalue weighted by atomic mass is 16.3.